The molecule has 3 rings (SSSR count). The minimum Gasteiger partial charge on any atom is -0.310 e. The van der Waals surface area contributed by atoms with E-state index >= 15 is 0 Å². The maximum atomic E-state index is 4.71. The fraction of sp³-hybridized carbons (Fsp3) is 0.188. The van der Waals surface area contributed by atoms with E-state index in [4.69, 9.17) is 4.98 Å². The molecule has 0 radical (unpaired) electrons. The summed E-state index contributed by atoms with van der Waals surface area (Å²) in [5.41, 5.74) is 3.46. The molecule has 1 aromatic heterocycles. The standard InChI is InChI=1S/C16H15BrN2/c1-2-15-18-13-10-6-7-11-14(13)19(15)16(17)12-8-4-3-5-9-12/h3-11,16H,2H2,1H3. The quantitative estimate of drug-likeness (QED) is 0.649. The van der Waals surface area contributed by atoms with Crippen LogP contribution >= 0.6 is 15.9 Å². The maximum Gasteiger partial charge on any atom is 0.116 e. The van der Waals surface area contributed by atoms with Crippen LogP contribution in [0.3, 0.4) is 0 Å². The Morgan fingerprint density at radius 2 is 1.74 bits per heavy atom. The molecule has 96 valence electrons. The van der Waals surface area contributed by atoms with Crippen LogP contribution in [0.1, 0.15) is 23.3 Å². The van der Waals surface area contributed by atoms with Crippen molar-refractivity contribution in [2.75, 3.05) is 0 Å². The van der Waals surface area contributed by atoms with Gasteiger partial charge in [-0.25, -0.2) is 4.98 Å². The van der Waals surface area contributed by atoms with Gasteiger partial charge in [0.05, 0.1) is 11.0 Å². The third-order valence-corrected chi connectivity index (χ3v) is 4.22. The van der Waals surface area contributed by atoms with Gasteiger partial charge < -0.3 is 4.57 Å². The van der Waals surface area contributed by atoms with Crippen molar-refractivity contribution in [1.82, 2.24) is 9.55 Å². The lowest BCUT2D eigenvalue weighted by molar-refractivity contribution is 0.746. The van der Waals surface area contributed by atoms with Gasteiger partial charge in [-0.05, 0) is 17.7 Å². The van der Waals surface area contributed by atoms with Crippen LogP contribution in [0.5, 0.6) is 0 Å². The van der Waals surface area contributed by atoms with Gasteiger partial charge >= 0.3 is 0 Å². The highest BCUT2D eigenvalue weighted by Crippen LogP contribution is 2.30. The van der Waals surface area contributed by atoms with Gasteiger partial charge in [0.2, 0.25) is 0 Å². The molecule has 0 bridgehead atoms. The minimum absolute atomic E-state index is 0.121. The molecule has 0 spiro atoms. The maximum absolute atomic E-state index is 4.71. The number of rotatable bonds is 3. The molecule has 19 heavy (non-hydrogen) atoms. The molecule has 1 atom stereocenters. The number of fused-ring (bicyclic) bond motifs is 1. The molecule has 0 N–H and O–H groups in total. The largest absolute Gasteiger partial charge is 0.310 e. The summed E-state index contributed by atoms with van der Waals surface area (Å²) in [6.45, 7) is 2.14. The van der Waals surface area contributed by atoms with Gasteiger partial charge in [-0.3, -0.25) is 0 Å². The van der Waals surface area contributed by atoms with Crippen LogP contribution in [0.15, 0.2) is 54.6 Å². The molecule has 0 aliphatic carbocycles. The zero-order valence-electron chi connectivity index (χ0n) is 10.8. The zero-order chi connectivity index (χ0) is 13.2. The van der Waals surface area contributed by atoms with E-state index in [1.807, 2.05) is 12.1 Å². The fourth-order valence-corrected chi connectivity index (χ4v) is 3.12. The van der Waals surface area contributed by atoms with Crippen LogP contribution in [0.4, 0.5) is 0 Å². The lowest BCUT2D eigenvalue weighted by Gasteiger charge is -2.16. The van der Waals surface area contributed by atoms with E-state index in [0.717, 1.165) is 17.8 Å². The van der Waals surface area contributed by atoms with Gasteiger partial charge in [-0.15, -0.1) is 0 Å². The predicted octanol–water partition coefficient (Wildman–Crippen LogP) is 4.54. The number of aromatic nitrogens is 2. The summed E-state index contributed by atoms with van der Waals surface area (Å²) >= 11 is 3.81. The second-order valence-corrected chi connectivity index (χ2v) is 5.35. The molecule has 0 amide bonds. The number of halogens is 1. The predicted molar refractivity (Wildman–Crippen MR) is 82.6 cm³/mol. The van der Waals surface area contributed by atoms with Crippen molar-refractivity contribution in [3.63, 3.8) is 0 Å². The molecule has 0 saturated carbocycles. The lowest BCUT2D eigenvalue weighted by Crippen LogP contribution is -2.07. The van der Waals surface area contributed by atoms with E-state index in [2.05, 4.69) is 69.9 Å². The molecule has 2 nitrogen and oxygen atoms in total. The van der Waals surface area contributed by atoms with Crippen molar-refractivity contribution >= 4 is 27.0 Å². The number of aryl methyl sites for hydroxylation is 1. The highest BCUT2D eigenvalue weighted by atomic mass is 79.9. The first-order chi connectivity index (χ1) is 9.31. The van der Waals surface area contributed by atoms with Crippen LogP contribution in [0, 0.1) is 0 Å². The fourth-order valence-electron chi connectivity index (χ4n) is 2.36. The van der Waals surface area contributed by atoms with Crippen molar-refractivity contribution in [1.29, 1.82) is 0 Å². The molecule has 1 unspecified atom stereocenters. The van der Waals surface area contributed by atoms with E-state index in [9.17, 15) is 0 Å². The summed E-state index contributed by atoms with van der Waals surface area (Å²) in [5, 5.41) is 0. The second kappa shape index (κ2) is 5.17. The Labute approximate surface area is 121 Å². The minimum atomic E-state index is 0.121. The average Bonchev–Trinajstić information content (AvgIpc) is 2.86. The summed E-state index contributed by atoms with van der Waals surface area (Å²) in [6, 6.07) is 18.7. The van der Waals surface area contributed by atoms with Crippen molar-refractivity contribution in [3.05, 3.63) is 66.0 Å². The van der Waals surface area contributed by atoms with E-state index < -0.39 is 0 Å². The lowest BCUT2D eigenvalue weighted by atomic mass is 10.2. The van der Waals surface area contributed by atoms with Crippen LogP contribution in [0.25, 0.3) is 11.0 Å². The summed E-state index contributed by atoms with van der Waals surface area (Å²) in [6.07, 6.45) is 0.920. The van der Waals surface area contributed by atoms with Gasteiger partial charge in [-0.1, -0.05) is 65.3 Å². The van der Waals surface area contributed by atoms with Gasteiger partial charge in [0.1, 0.15) is 10.8 Å². The first-order valence-corrected chi connectivity index (χ1v) is 7.37. The Hall–Kier alpha value is -1.61. The molecule has 0 fully saturated rings. The third kappa shape index (κ3) is 2.19. The molecule has 0 aliphatic rings. The molecule has 3 heteroatoms. The Morgan fingerprint density at radius 3 is 2.47 bits per heavy atom. The van der Waals surface area contributed by atoms with Crippen molar-refractivity contribution < 1.29 is 0 Å². The number of imidazole rings is 1. The summed E-state index contributed by atoms with van der Waals surface area (Å²) in [4.78, 5) is 4.83. The number of para-hydroxylation sites is 2. The van der Waals surface area contributed by atoms with E-state index in [0.29, 0.717) is 0 Å². The number of hydrogen-bond donors (Lipinski definition) is 0. The molecule has 3 aromatic rings. The zero-order valence-corrected chi connectivity index (χ0v) is 12.3. The van der Waals surface area contributed by atoms with Gasteiger partial charge in [-0.2, -0.15) is 0 Å². The Balaban J connectivity index is 2.18. The Kier molecular flexibility index (Phi) is 3.38. The van der Waals surface area contributed by atoms with Crippen molar-refractivity contribution in [2.45, 2.75) is 18.3 Å². The normalized spacial score (nSPS) is 12.7. The monoisotopic (exact) mass is 314 g/mol. The number of alkyl halides is 1. The molecule has 0 saturated heterocycles. The van der Waals surface area contributed by atoms with Crippen LogP contribution in [-0.4, -0.2) is 9.55 Å². The van der Waals surface area contributed by atoms with Crippen LogP contribution in [0.2, 0.25) is 0 Å². The molecular formula is C16H15BrN2. The SMILES string of the molecule is CCc1nc2ccccc2n1C(Br)c1ccccc1. The first-order valence-electron chi connectivity index (χ1n) is 6.46. The first kappa shape index (κ1) is 12.4. The highest BCUT2D eigenvalue weighted by Gasteiger charge is 2.16. The van der Waals surface area contributed by atoms with Gasteiger partial charge in [0.15, 0.2) is 0 Å². The van der Waals surface area contributed by atoms with Crippen molar-refractivity contribution in [2.24, 2.45) is 0 Å². The van der Waals surface area contributed by atoms with Crippen molar-refractivity contribution in [3.8, 4) is 0 Å². The highest BCUT2D eigenvalue weighted by molar-refractivity contribution is 9.09. The molecule has 2 aromatic carbocycles. The van der Waals surface area contributed by atoms with Crippen LogP contribution in [-0.2, 0) is 6.42 Å². The van der Waals surface area contributed by atoms with Gasteiger partial charge in [0, 0.05) is 6.42 Å². The summed E-state index contributed by atoms with van der Waals surface area (Å²) < 4.78 is 2.27. The molecular weight excluding hydrogens is 300 g/mol. The number of benzene rings is 2. The molecule has 1 heterocycles. The topological polar surface area (TPSA) is 17.8 Å². The summed E-state index contributed by atoms with van der Waals surface area (Å²) in [5.74, 6) is 1.10. The van der Waals surface area contributed by atoms with Crippen LogP contribution < -0.4 is 0 Å². The van der Waals surface area contributed by atoms with E-state index in [1.165, 1.54) is 11.1 Å². The smallest absolute Gasteiger partial charge is 0.116 e. The van der Waals surface area contributed by atoms with E-state index in [1.54, 1.807) is 0 Å². The average molecular weight is 315 g/mol. The van der Waals surface area contributed by atoms with E-state index in [-0.39, 0.29) is 4.95 Å². The number of hydrogen-bond acceptors (Lipinski definition) is 1. The number of nitrogens with zero attached hydrogens (tertiary/aromatic N) is 2. The second-order valence-electron chi connectivity index (χ2n) is 4.49. The Morgan fingerprint density at radius 1 is 1.05 bits per heavy atom. The molecule has 0 aliphatic heterocycles. The van der Waals surface area contributed by atoms with Gasteiger partial charge in [0.25, 0.3) is 0 Å². The third-order valence-electron chi connectivity index (χ3n) is 3.29. The summed E-state index contributed by atoms with van der Waals surface area (Å²) in [7, 11) is 0. The Bertz CT molecular complexity index is 688.